The zero-order chi connectivity index (χ0) is 19.7. The van der Waals surface area contributed by atoms with E-state index in [0.717, 1.165) is 28.8 Å². The van der Waals surface area contributed by atoms with E-state index in [4.69, 9.17) is 0 Å². The zero-order valence-corrected chi connectivity index (χ0v) is 16.3. The van der Waals surface area contributed by atoms with E-state index in [1.807, 2.05) is 56.4 Å². The molecule has 28 heavy (non-hydrogen) atoms. The number of para-hydroxylation sites is 2. The molecule has 0 spiro atoms. The number of amides is 2. The lowest BCUT2D eigenvalue weighted by atomic mass is 10.1. The fourth-order valence-electron chi connectivity index (χ4n) is 4.13. The maximum Gasteiger partial charge on any atom is 0.227 e. The molecule has 0 radical (unpaired) electrons. The second kappa shape index (κ2) is 7.50. The smallest absolute Gasteiger partial charge is 0.227 e. The number of carbonyl (C=O) groups excluding carboxylic acids is 2. The molecule has 1 aromatic heterocycles. The maximum atomic E-state index is 12.6. The van der Waals surface area contributed by atoms with E-state index in [0.29, 0.717) is 13.1 Å². The van der Waals surface area contributed by atoms with Crippen LogP contribution in [0.1, 0.15) is 23.1 Å². The summed E-state index contributed by atoms with van der Waals surface area (Å²) in [6, 6.07) is 14.1. The van der Waals surface area contributed by atoms with Gasteiger partial charge in [0.15, 0.2) is 0 Å². The topological polar surface area (TPSA) is 65.2 Å². The summed E-state index contributed by atoms with van der Waals surface area (Å²) in [5.74, 6) is -0.314. The van der Waals surface area contributed by atoms with Crippen molar-refractivity contribution >= 4 is 28.4 Å². The zero-order valence-electron chi connectivity index (χ0n) is 16.3. The summed E-state index contributed by atoms with van der Waals surface area (Å²) in [4.78, 5) is 30.2. The normalized spacial score (nSPS) is 16.7. The van der Waals surface area contributed by atoms with Crippen LogP contribution in [0.25, 0.3) is 10.9 Å². The van der Waals surface area contributed by atoms with Crippen molar-refractivity contribution in [3.8, 4) is 0 Å². The van der Waals surface area contributed by atoms with Gasteiger partial charge in [-0.2, -0.15) is 0 Å². The Kier molecular flexibility index (Phi) is 4.90. The van der Waals surface area contributed by atoms with Crippen LogP contribution in [-0.4, -0.2) is 29.9 Å². The maximum absolute atomic E-state index is 12.6. The van der Waals surface area contributed by atoms with Gasteiger partial charge in [0.1, 0.15) is 0 Å². The Hall–Kier alpha value is -3.08. The first kappa shape index (κ1) is 18.3. The molecule has 2 aromatic carbocycles. The van der Waals surface area contributed by atoms with E-state index in [2.05, 4.69) is 16.4 Å². The molecular formula is C23H25N3O2. The lowest BCUT2D eigenvalue weighted by molar-refractivity contribution is -0.126. The van der Waals surface area contributed by atoms with E-state index in [-0.39, 0.29) is 24.2 Å². The van der Waals surface area contributed by atoms with Crippen LogP contribution in [0.4, 0.5) is 5.69 Å². The number of hydrogen-bond acceptors (Lipinski definition) is 2. The van der Waals surface area contributed by atoms with Crippen LogP contribution in [0.5, 0.6) is 0 Å². The Labute approximate surface area is 164 Å². The first-order valence-corrected chi connectivity index (χ1v) is 9.74. The third-order valence-corrected chi connectivity index (χ3v) is 5.57. The number of H-pyrrole nitrogens is 1. The summed E-state index contributed by atoms with van der Waals surface area (Å²) in [7, 11) is 0. The van der Waals surface area contributed by atoms with Gasteiger partial charge in [0.05, 0.1) is 5.92 Å². The van der Waals surface area contributed by atoms with Crippen LogP contribution in [0.2, 0.25) is 0 Å². The van der Waals surface area contributed by atoms with Gasteiger partial charge in [-0.3, -0.25) is 9.59 Å². The minimum atomic E-state index is -0.297. The Morgan fingerprint density at radius 2 is 1.89 bits per heavy atom. The Morgan fingerprint density at radius 3 is 2.68 bits per heavy atom. The molecule has 0 saturated carbocycles. The number of aromatic nitrogens is 1. The van der Waals surface area contributed by atoms with Crippen molar-refractivity contribution in [2.45, 2.75) is 26.7 Å². The van der Waals surface area contributed by atoms with Crippen molar-refractivity contribution in [2.24, 2.45) is 5.92 Å². The highest BCUT2D eigenvalue weighted by molar-refractivity contribution is 6.01. The molecule has 5 heteroatoms. The number of carbonyl (C=O) groups is 2. The van der Waals surface area contributed by atoms with Crippen LogP contribution >= 0.6 is 0 Å². The van der Waals surface area contributed by atoms with Crippen LogP contribution in [0.3, 0.4) is 0 Å². The predicted molar refractivity (Wildman–Crippen MR) is 111 cm³/mol. The molecule has 1 unspecified atom stereocenters. The summed E-state index contributed by atoms with van der Waals surface area (Å²) >= 11 is 0. The van der Waals surface area contributed by atoms with Gasteiger partial charge in [-0.05, 0) is 43.0 Å². The molecule has 2 heterocycles. The third-order valence-electron chi connectivity index (χ3n) is 5.57. The van der Waals surface area contributed by atoms with Crippen molar-refractivity contribution in [1.82, 2.24) is 10.3 Å². The fraction of sp³-hybridized carbons (Fsp3) is 0.304. The number of aromatic amines is 1. The molecule has 1 aliphatic rings. The number of anilines is 1. The fourth-order valence-corrected chi connectivity index (χ4v) is 4.13. The van der Waals surface area contributed by atoms with E-state index < -0.39 is 0 Å². The number of nitrogens with one attached hydrogen (secondary N) is 2. The lowest BCUT2D eigenvalue weighted by Gasteiger charge is -2.21. The molecule has 1 saturated heterocycles. The largest absolute Gasteiger partial charge is 0.361 e. The van der Waals surface area contributed by atoms with Gasteiger partial charge in [-0.15, -0.1) is 0 Å². The SMILES string of the molecule is Cc1cccc(C)c1N1CC(C(=O)NCCc2c[nH]c3ccccc23)CC1=O. The second-order valence-corrected chi connectivity index (χ2v) is 7.55. The summed E-state index contributed by atoms with van der Waals surface area (Å²) in [6.45, 7) is 5.02. The third kappa shape index (κ3) is 3.40. The first-order valence-electron chi connectivity index (χ1n) is 9.74. The van der Waals surface area contributed by atoms with Crippen LogP contribution < -0.4 is 10.2 Å². The quantitative estimate of drug-likeness (QED) is 0.717. The number of aryl methyl sites for hydroxylation is 2. The number of benzene rings is 2. The van der Waals surface area contributed by atoms with Crippen molar-refractivity contribution in [1.29, 1.82) is 0 Å². The van der Waals surface area contributed by atoms with Crippen LogP contribution in [-0.2, 0) is 16.0 Å². The monoisotopic (exact) mass is 375 g/mol. The lowest BCUT2D eigenvalue weighted by Crippen LogP contribution is -2.34. The van der Waals surface area contributed by atoms with Crippen molar-refractivity contribution in [3.63, 3.8) is 0 Å². The Bertz CT molecular complexity index is 1020. The van der Waals surface area contributed by atoms with Gasteiger partial charge in [-0.1, -0.05) is 36.4 Å². The molecule has 1 fully saturated rings. The molecule has 2 amide bonds. The van der Waals surface area contributed by atoms with Crippen LogP contribution in [0.15, 0.2) is 48.7 Å². The standard InChI is InChI=1S/C23H25N3O2/c1-15-6-5-7-16(2)22(15)26-14-18(12-21(26)27)23(28)24-11-10-17-13-25-20-9-4-3-8-19(17)20/h3-9,13,18,25H,10-12,14H2,1-2H3,(H,24,28). The van der Waals surface area contributed by atoms with E-state index in [1.165, 1.54) is 10.9 Å². The second-order valence-electron chi connectivity index (χ2n) is 7.55. The van der Waals surface area contributed by atoms with Gasteiger partial charge in [0, 0.05) is 42.3 Å². The minimum Gasteiger partial charge on any atom is -0.361 e. The molecule has 1 aliphatic heterocycles. The predicted octanol–water partition coefficient (Wildman–Crippen LogP) is 3.50. The van der Waals surface area contributed by atoms with Crippen molar-refractivity contribution < 1.29 is 9.59 Å². The highest BCUT2D eigenvalue weighted by atomic mass is 16.2. The molecule has 0 aliphatic carbocycles. The molecule has 3 aromatic rings. The number of hydrogen-bond donors (Lipinski definition) is 2. The highest BCUT2D eigenvalue weighted by Gasteiger charge is 2.36. The molecule has 1 atom stereocenters. The van der Waals surface area contributed by atoms with Crippen molar-refractivity contribution in [2.75, 3.05) is 18.0 Å². The summed E-state index contributed by atoms with van der Waals surface area (Å²) < 4.78 is 0. The average molecular weight is 375 g/mol. The van der Waals surface area contributed by atoms with Crippen molar-refractivity contribution in [3.05, 3.63) is 65.4 Å². The number of fused-ring (bicyclic) bond motifs is 1. The molecule has 144 valence electrons. The van der Waals surface area contributed by atoms with Gasteiger partial charge < -0.3 is 15.2 Å². The van der Waals surface area contributed by atoms with Crippen LogP contribution in [0, 0.1) is 19.8 Å². The first-order chi connectivity index (χ1) is 13.5. The van der Waals surface area contributed by atoms with Gasteiger partial charge in [0.25, 0.3) is 0 Å². The summed E-state index contributed by atoms with van der Waals surface area (Å²) in [5.41, 5.74) is 5.37. The highest BCUT2D eigenvalue weighted by Crippen LogP contribution is 2.30. The van der Waals surface area contributed by atoms with E-state index >= 15 is 0 Å². The number of nitrogens with zero attached hydrogens (tertiary/aromatic N) is 1. The average Bonchev–Trinajstić information content (AvgIpc) is 3.26. The van der Waals surface area contributed by atoms with Gasteiger partial charge in [-0.25, -0.2) is 0 Å². The van der Waals surface area contributed by atoms with E-state index in [9.17, 15) is 9.59 Å². The minimum absolute atomic E-state index is 0.0224. The van der Waals surface area contributed by atoms with Gasteiger partial charge in [0.2, 0.25) is 11.8 Å². The Balaban J connectivity index is 1.37. The molecule has 4 rings (SSSR count). The summed E-state index contributed by atoms with van der Waals surface area (Å²) in [5, 5.41) is 4.21. The van der Waals surface area contributed by atoms with Gasteiger partial charge >= 0.3 is 0 Å². The summed E-state index contributed by atoms with van der Waals surface area (Å²) in [6.07, 6.45) is 3.03. The molecular weight excluding hydrogens is 350 g/mol. The molecule has 0 bridgehead atoms. The molecule has 2 N–H and O–H groups in total. The Morgan fingerprint density at radius 1 is 1.14 bits per heavy atom. The number of rotatable bonds is 5. The molecule has 5 nitrogen and oxygen atoms in total. The van der Waals surface area contributed by atoms with E-state index in [1.54, 1.807) is 4.90 Å².